The highest BCUT2D eigenvalue weighted by atomic mass is 79.9. The Morgan fingerprint density at radius 2 is 1.11 bits per heavy atom. The Labute approximate surface area is 293 Å². The first kappa shape index (κ1) is 39.3. The zero-order valence-corrected chi connectivity index (χ0v) is 29.0. The van der Waals surface area contributed by atoms with Gasteiger partial charge in [0.2, 0.25) is 0 Å². The predicted octanol–water partition coefficient (Wildman–Crippen LogP) is 10.9. The van der Waals surface area contributed by atoms with E-state index in [0.29, 0.717) is 32.8 Å². The van der Waals surface area contributed by atoms with E-state index in [1.807, 2.05) is 40.7 Å². The van der Waals surface area contributed by atoms with Gasteiger partial charge in [0.15, 0.2) is 5.75 Å². The van der Waals surface area contributed by atoms with Gasteiger partial charge in [-0.1, -0.05) is 64.4 Å². The fraction of sp³-hybridized carbons (Fsp3) is 0.278. The van der Waals surface area contributed by atoms with Gasteiger partial charge >= 0.3 is 11.9 Å². The first-order valence-corrected chi connectivity index (χ1v) is 15.8. The molecule has 4 rings (SSSR count). The van der Waals surface area contributed by atoms with Crippen LogP contribution in [0.1, 0.15) is 74.8 Å². The van der Waals surface area contributed by atoms with Crippen LogP contribution in [0.3, 0.4) is 0 Å². The normalized spacial score (nSPS) is 10.6. The maximum absolute atomic E-state index is 10.8. The fourth-order valence-electron chi connectivity index (χ4n) is 4.55. The van der Waals surface area contributed by atoms with Crippen LogP contribution < -0.4 is 9.47 Å². The molecule has 0 amide bonds. The molecule has 0 bridgehead atoms. The molecule has 0 fully saturated rings. The van der Waals surface area contributed by atoms with Gasteiger partial charge in [-0.15, -0.1) is 0 Å². The Kier molecular flexibility index (Phi) is 14.4. The molecule has 4 N–H and O–H groups in total. The highest BCUT2D eigenvalue weighted by Crippen LogP contribution is 2.40. The minimum absolute atomic E-state index is 0. The Hall–Kier alpha value is -3.92. The summed E-state index contributed by atoms with van der Waals surface area (Å²) in [6, 6.07) is 16.6. The summed E-state index contributed by atoms with van der Waals surface area (Å²) in [4.78, 5) is 21.6. The molecule has 0 aliphatic carbocycles. The van der Waals surface area contributed by atoms with Gasteiger partial charge < -0.3 is 29.9 Å². The lowest BCUT2D eigenvalue weighted by atomic mass is 10.0. The second kappa shape index (κ2) is 17.3. The third-order valence-electron chi connectivity index (χ3n) is 6.74. The van der Waals surface area contributed by atoms with Crippen LogP contribution in [0.4, 0.5) is 0 Å². The van der Waals surface area contributed by atoms with Crippen molar-refractivity contribution in [2.75, 3.05) is 0 Å². The van der Waals surface area contributed by atoms with Gasteiger partial charge in [-0.3, -0.25) is 9.59 Å². The number of aryl methyl sites for hydroxylation is 1. The molecule has 0 aliphatic rings. The quantitative estimate of drug-likeness (QED) is 0.126. The van der Waals surface area contributed by atoms with Crippen LogP contribution in [-0.4, -0.2) is 32.4 Å². The van der Waals surface area contributed by atoms with E-state index < -0.39 is 11.9 Å². The molecule has 4 aromatic rings. The number of carbonyl (C=O) groups is 2. The number of hydrogen-bond acceptors (Lipinski definition) is 6. The Morgan fingerprint density at radius 1 is 0.702 bits per heavy atom. The van der Waals surface area contributed by atoms with Crippen molar-refractivity contribution in [3.63, 3.8) is 0 Å². The molecule has 0 unspecified atom stereocenters. The maximum atomic E-state index is 10.8. The molecule has 0 radical (unpaired) electrons. The number of ether oxygens (including phenoxy) is 2. The van der Waals surface area contributed by atoms with Crippen LogP contribution in [0, 0.1) is 6.92 Å². The highest BCUT2D eigenvalue weighted by Gasteiger charge is 2.15. The molecule has 47 heavy (non-hydrogen) atoms. The average Bonchev–Trinajstić information content (AvgIpc) is 2.94. The number of halogens is 3. The fourth-order valence-corrected chi connectivity index (χ4v) is 5.84. The van der Waals surface area contributed by atoms with E-state index in [2.05, 4.69) is 15.9 Å². The van der Waals surface area contributed by atoms with Gasteiger partial charge in [-0.05, 0) is 106 Å². The second-order valence-electron chi connectivity index (χ2n) is 11.2. The number of hydrogen-bond donors (Lipinski definition) is 4. The number of rotatable bonds is 10. The molecule has 0 saturated carbocycles. The van der Waals surface area contributed by atoms with Crippen molar-refractivity contribution in [3.8, 4) is 34.5 Å². The minimum Gasteiger partial charge on any atom is -0.508 e. The smallest absolute Gasteiger partial charge is 0.307 e. The zero-order valence-electron chi connectivity index (χ0n) is 25.9. The summed E-state index contributed by atoms with van der Waals surface area (Å²) >= 11 is 15.7. The minimum atomic E-state index is -0.967. The molecular weight excluding hydrogens is 711 g/mol. The molecule has 8 nitrogen and oxygen atoms in total. The molecule has 11 heteroatoms. The van der Waals surface area contributed by atoms with E-state index in [1.165, 1.54) is 12.1 Å². The van der Waals surface area contributed by atoms with Crippen molar-refractivity contribution in [1.29, 1.82) is 0 Å². The molecule has 0 saturated heterocycles. The second-order valence-corrected chi connectivity index (χ2v) is 12.9. The third kappa shape index (κ3) is 11.1. The number of carboxylic acids is 2. The van der Waals surface area contributed by atoms with E-state index in [9.17, 15) is 19.8 Å². The van der Waals surface area contributed by atoms with Crippen molar-refractivity contribution in [2.24, 2.45) is 0 Å². The zero-order chi connectivity index (χ0) is 34.3. The lowest BCUT2D eigenvalue weighted by Crippen LogP contribution is -2.01. The van der Waals surface area contributed by atoms with E-state index in [0.717, 1.165) is 16.7 Å². The molecule has 0 aliphatic heterocycles. The van der Waals surface area contributed by atoms with Crippen LogP contribution in [0.15, 0.2) is 65.1 Å². The van der Waals surface area contributed by atoms with Gasteiger partial charge in [0.1, 0.15) is 28.7 Å². The van der Waals surface area contributed by atoms with Crippen molar-refractivity contribution in [3.05, 3.63) is 103 Å². The SMILES string of the molecule is C.CC(C)c1cc(Oc2c(Cl)cc(CC(=O)O)cc2Cl)ccc1O.Cc1cc(CC(=O)O)cc(Br)c1Oc1ccc(O)c(C(C)C)c1. The summed E-state index contributed by atoms with van der Waals surface area (Å²) < 4.78 is 12.4. The Bertz CT molecular complexity index is 1560. The van der Waals surface area contributed by atoms with Crippen LogP contribution in [0.25, 0.3) is 0 Å². The van der Waals surface area contributed by atoms with Gasteiger partial charge in [0, 0.05) is 11.1 Å². The number of carboxylic acid groups (broad SMARTS) is 2. The number of aromatic hydroxyl groups is 2. The standard InChI is InChI=1S/C18H19BrO4.C17H16Cl2O4.CH4/c1-10(2)14-9-13(4-5-16(14)20)23-18-11(3)6-12(7-15(18)19)8-17(21)22;1-9(2)12-8-11(3-4-15(12)20)23-17-13(18)5-10(6-14(17)19)7-16(21)22;/h4-7,9-10,20H,8H2,1-3H3,(H,21,22);3-6,8-9,20H,7H2,1-2H3,(H,21,22);1H4. The molecule has 0 heterocycles. The summed E-state index contributed by atoms with van der Waals surface area (Å²) in [6.45, 7) is 9.79. The summed E-state index contributed by atoms with van der Waals surface area (Å²) in [5.74, 6) is 0.922. The van der Waals surface area contributed by atoms with Crippen molar-refractivity contribution in [1.82, 2.24) is 0 Å². The largest absolute Gasteiger partial charge is 0.508 e. The molecule has 4 aromatic carbocycles. The molecule has 0 atom stereocenters. The van der Waals surface area contributed by atoms with Gasteiger partial charge in [-0.2, -0.15) is 0 Å². The molecule has 0 aromatic heterocycles. The lowest BCUT2D eigenvalue weighted by Gasteiger charge is -2.15. The van der Waals surface area contributed by atoms with Gasteiger partial charge in [0.25, 0.3) is 0 Å². The number of phenolic OH excluding ortho intramolecular Hbond substituents is 2. The average molecular weight is 751 g/mol. The van der Waals surface area contributed by atoms with Crippen LogP contribution in [0.5, 0.6) is 34.5 Å². The molecule has 252 valence electrons. The number of aliphatic carboxylic acids is 2. The Morgan fingerprint density at radius 3 is 1.49 bits per heavy atom. The van der Waals surface area contributed by atoms with Crippen LogP contribution >= 0.6 is 39.1 Å². The third-order valence-corrected chi connectivity index (χ3v) is 7.89. The maximum Gasteiger partial charge on any atom is 0.307 e. The van der Waals surface area contributed by atoms with E-state index in [-0.39, 0.29) is 59.4 Å². The van der Waals surface area contributed by atoms with Crippen molar-refractivity contribution < 1.29 is 39.5 Å². The van der Waals surface area contributed by atoms with Gasteiger partial charge in [-0.25, -0.2) is 0 Å². The predicted molar refractivity (Wildman–Crippen MR) is 189 cm³/mol. The molecular formula is C36H39BrCl2O8. The first-order valence-electron chi connectivity index (χ1n) is 14.3. The van der Waals surface area contributed by atoms with Gasteiger partial charge in [0.05, 0.1) is 27.4 Å². The monoisotopic (exact) mass is 748 g/mol. The van der Waals surface area contributed by atoms with E-state index >= 15 is 0 Å². The summed E-state index contributed by atoms with van der Waals surface area (Å²) in [6.07, 6.45) is -0.202. The van der Waals surface area contributed by atoms with E-state index in [1.54, 1.807) is 42.5 Å². The number of phenols is 2. The topological polar surface area (TPSA) is 134 Å². The number of benzene rings is 4. The van der Waals surface area contributed by atoms with Crippen LogP contribution in [0.2, 0.25) is 10.0 Å². The summed E-state index contributed by atoms with van der Waals surface area (Å²) in [7, 11) is 0. The molecule has 0 spiro atoms. The van der Waals surface area contributed by atoms with Crippen molar-refractivity contribution >= 4 is 51.1 Å². The Balaban J connectivity index is 0.000000320. The van der Waals surface area contributed by atoms with Crippen molar-refractivity contribution in [2.45, 2.75) is 66.7 Å². The van der Waals surface area contributed by atoms with E-state index in [4.69, 9.17) is 42.9 Å². The summed E-state index contributed by atoms with van der Waals surface area (Å²) in [5, 5.41) is 37.9. The lowest BCUT2D eigenvalue weighted by molar-refractivity contribution is -0.137. The highest BCUT2D eigenvalue weighted by molar-refractivity contribution is 9.10. The summed E-state index contributed by atoms with van der Waals surface area (Å²) in [5.41, 5.74) is 3.61. The van der Waals surface area contributed by atoms with Crippen LogP contribution in [-0.2, 0) is 22.4 Å². The first-order chi connectivity index (χ1) is 21.5.